The third kappa shape index (κ3) is 3.56. The van der Waals surface area contributed by atoms with Gasteiger partial charge in [0, 0.05) is 13.7 Å². The summed E-state index contributed by atoms with van der Waals surface area (Å²) in [5.41, 5.74) is 0.983. The van der Waals surface area contributed by atoms with Gasteiger partial charge in [0.25, 0.3) is 0 Å². The van der Waals surface area contributed by atoms with Crippen LogP contribution in [0.3, 0.4) is 0 Å². The quantitative estimate of drug-likeness (QED) is 0.812. The summed E-state index contributed by atoms with van der Waals surface area (Å²) in [6.07, 6.45) is 0. The molecule has 1 N–H and O–H groups in total. The van der Waals surface area contributed by atoms with Crippen molar-refractivity contribution in [1.29, 1.82) is 0 Å². The highest BCUT2D eigenvalue weighted by molar-refractivity contribution is 6.33. The Bertz CT molecular complexity index is 278. The smallest absolute Gasteiger partial charge is 0.0637 e. The van der Waals surface area contributed by atoms with E-state index in [1.807, 2.05) is 24.3 Å². The highest BCUT2D eigenvalue weighted by Gasteiger charge is 2.02. The number of para-hydroxylation sites is 1. The molecule has 0 aliphatic rings. The molecule has 0 spiro atoms. The normalized spacial score (nSPS) is 12.5. The molecule has 1 aromatic carbocycles. The van der Waals surface area contributed by atoms with Gasteiger partial charge in [-0.3, -0.25) is 0 Å². The average Bonchev–Trinajstić information content (AvgIpc) is 2.17. The summed E-state index contributed by atoms with van der Waals surface area (Å²) in [5, 5.41) is 4.05. The molecule has 14 heavy (non-hydrogen) atoms. The van der Waals surface area contributed by atoms with E-state index in [1.165, 1.54) is 0 Å². The first-order chi connectivity index (χ1) is 6.74. The van der Waals surface area contributed by atoms with Crippen molar-refractivity contribution >= 4 is 17.3 Å². The predicted molar refractivity (Wildman–Crippen MR) is 61.0 cm³/mol. The second kappa shape index (κ2) is 5.89. The monoisotopic (exact) mass is 213 g/mol. The standard InChI is InChI=1S/C11H16ClNO/c1-9(8-14-2)7-13-11-6-4-3-5-10(11)12/h3-6,9,13H,7-8H2,1-2H3. The van der Waals surface area contributed by atoms with Crippen LogP contribution in [-0.2, 0) is 4.74 Å². The van der Waals surface area contributed by atoms with Gasteiger partial charge in [-0.25, -0.2) is 0 Å². The second-order valence-electron chi connectivity index (χ2n) is 3.42. The minimum absolute atomic E-state index is 0.483. The number of nitrogens with one attached hydrogen (secondary N) is 1. The van der Waals surface area contributed by atoms with Crippen LogP contribution >= 0.6 is 11.6 Å². The van der Waals surface area contributed by atoms with Crippen molar-refractivity contribution in [1.82, 2.24) is 0 Å². The molecule has 0 bridgehead atoms. The predicted octanol–water partition coefficient (Wildman–Crippen LogP) is 3.03. The summed E-state index contributed by atoms with van der Waals surface area (Å²) in [6.45, 7) is 3.77. The number of rotatable bonds is 5. The molecule has 0 heterocycles. The van der Waals surface area contributed by atoms with Crippen molar-refractivity contribution in [3.63, 3.8) is 0 Å². The Morgan fingerprint density at radius 2 is 2.14 bits per heavy atom. The van der Waals surface area contributed by atoms with Crippen molar-refractivity contribution in [3.05, 3.63) is 29.3 Å². The van der Waals surface area contributed by atoms with E-state index in [0.717, 1.165) is 23.9 Å². The number of benzene rings is 1. The van der Waals surface area contributed by atoms with Gasteiger partial charge in [0.05, 0.1) is 17.3 Å². The highest BCUT2D eigenvalue weighted by atomic mass is 35.5. The minimum Gasteiger partial charge on any atom is -0.384 e. The van der Waals surface area contributed by atoms with Gasteiger partial charge < -0.3 is 10.1 Å². The van der Waals surface area contributed by atoms with E-state index in [1.54, 1.807) is 7.11 Å². The van der Waals surface area contributed by atoms with Crippen LogP contribution in [0.4, 0.5) is 5.69 Å². The van der Waals surface area contributed by atoms with Gasteiger partial charge in [0.15, 0.2) is 0 Å². The molecular weight excluding hydrogens is 198 g/mol. The van der Waals surface area contributed by atoms with E-state index in [-0.39, 0.29) is 0 Å². The Hall–Kier alpha value is -0.730. The maximum Gasteiger partial charge on any atom is 0.0637 e. The summed E-state index contributed by atoms with van der Waals surface area (Å²) in [6, 6.07) is 7.74. The maximum atomic E-state index is 5.99. The fourth-order valence-corrected chi connectivity index (χ4v) is 1.43. The number of methoxy groups -OCH3 is 1. The van der Waals surface area contributed by atoms with Gasteiger partial charge in [-0.05, 0) is 18.1 Å². The Morgan fingerprint density at radius 1 is 1.43 bits per heavy atom. The Kier molecular flexibility index (Phi) is 4.77. The molecule has 0 aromatic heterocycles. The average molecular weight is 214 g/mol. The van der Waals surface area contributed by atoms with Crippen LogP contribution in [0.2, 0.25) is 5.02 Å². The summed E-state index contributed by atoms with van der Waals surface area (Å²) >= 11 is 5.99. The molecule has 0 aliphatic heterocycles. The summed E-state index contributed by atoms with van der Waals surface area (Å²) in [5.74, 6) is 0.483. The van der Waals surface area contributed by atoms with Gasteiger partial charge in [-0.1, -0.05) is 30.7 Å². The number of hydrogen-bond acceptors (Lipinski definition) is 2. The lowest BCUT2D eigenvalue weighted by Gasteiger charge is -2.13. The number of anilines is 1. The molecule has 78 valence electrons. The van der Waals surface area contributed by atoms with Crippen molar-refractivity contribution in [2.45, 2.75) is 6.92 Å². The highest BCUT2D eigenvalue weighted by Crippen LogP contribution is 2.20. The van der Waals surface area contributed by atoms with Gasteiger partial charge in [0.2, 0.25) is 0 Å². The van der Waals surface area contributed by atoms with Crippen LogP contribution in [0.15, 0.2) is 24.3 Å². The molecule has 1 rings (SSSR count). The largest absolute Gasteiger partial charge is 0.384 e. The van der Waals surface area contributed by atoms with E-state index >= 15 is 0 Å². The summed E-state index contributed by atoms with van der Waals surface area (Å²) in [7, 11) is 1.71. The number of hydrogen-bond donors (Lipinski definition) is 1. The van der Waals surface area contributed by atoms with Crippen molar-refractivity contribution in [3.8, 4) is 0 Å². The molecular formula is C11H16ClNO. The minimum atomic E-state index is 0.483. The van der Waals surface area contributed by atoms with E-state index in [9.17, 15) is 0 Å². The zero-order valence-corrected chi connectivity index (χ0v) is 9.34. The van der Waals surface area contributed by atoms with Crippen LogP contribution in [0.5, 0.6) is 0 Å². The Balaban J connectivity index is 2.41. The van der Waals surface area contributed by atoms with Crippen LogP contribution in [-0.4, -0.2) is 20.3 Å². The van der Waals surface area contributed by atoms with Crippen molar-refractivity contribution in [2.75, 3.05) is 25.6 Å². The third-order valence-corrected chi connectivity index (χ3v) is 2.30. The van der Waals surface area contributed by atoms with E-state index in [0.29, 0.717) is 5.92 Å². The fraction of sp³-hybridized carbons (Fsp3) is 0.455. The van der Waals surface area contributed by atoms with Crippen LogP contribution in [0.25, 0.3) is 0 Å². The summed E-state index contributed by atoms with van der Waals surface area (Å²) < 4.78 is 5.05. The Labute approximate surface area is 90.2 Å². The molecule has 1 aromatic rings. The van der Waals surface area contributed by atoms with E-state index in [2.05, 4.69) is 12.2 Å². The zero-order valence-electron chi connectivity index (χ0n) is 8.59. The van der Waals surface area contributed by atoms with Gasteiger partial charge >= 0.3 is 0 Å². The molecule has 0 amide bonds. The maximum absolute atomic E-state index is 5.99. The van der Waals surface area contributed by atoms with Crippen LogP contribution in [0.1, 0.15) is 6.92 Å². The van der Waals surface area contributed by atoms with Gasteiger partial charge in [0.1, 0.15) is 0 Å². The van der Waals surface area contributed by atoms with Crippen molar-refractivity contribution in [2.24, 2.45) is 5.92 Å². The Morgan fingerprint density at radius 3 is 2.79 bits per heavy atom. The van der Waals surface area contributed by atoms with Gasteiger partial charge in [-0.15, -0.1) is 0 Å². The first kappa shape index (κ1) is 11.3. The zero-order chi connectivity index (χ0) is 10.4. The topological polar surface area (TPSA) is 21.3 Å². The molecule has 2 nitrogen and oxygen atoms in total. The summed E-state index contributed by atoms with van der Waals surface area (Å²) in [4.78, 5) is 0. The first-order valence-corrected chi connectivity index (χ1v) is 5.09. The van der Waals surface area contributed by atoms with E-state index < -0.39 is 0 Å². The molecule has 0 saturated heterocycles. The van der Waals surface area contributed by atoms with Gasteiger partial charge in [-0.2, -0.15) is 0 Å². The first-order valence-electron chi connectivity index (χ1n) is 4.71. The number of ether oxygens (including phenoxy) is 1. The molecule has 0 radical (unpaired) electrons. The molecule has 1 unspecified atom stereocenters. The fourth-order valence-electron chi connectivity index (χ4n) is 1.23. The molecule has 0 aliphatic carbocycles. The lowest BCUT2D eigenvalue weighted by atomic mass is 10.2. The molecule has 0 fully saturated rings. The van der Waals surface area contributed by atoms with Crippen molar-refractivity contribution < 1.29 is 4.74 Å². The SMILES string of the molecule is COCC(C)CNc1ccccc1Cl. The second-order valence-corrected chi connectivity index (χ2v) is 3.83. The molecule has 0 saturated carbocycles. The van der Waals surface area contributed by atoms with E-state index in [4.69, 9.17) is 16.3 Å². The molecule has 3 heteroatoms. The lowest BCUT2D eigenvalue weighted by molar-refractivity contribution is 0.164. The molecule has 1 atom stereocenters. The van der Waals surface area contributed by atoms with Crippen LogP contribution < -0.4 is 5.32 Å². The third-order valence-electron chi connectivity index (χ3n) is 1.97. The van der Waals surface area contributed by atoms with Crippen LogP contribution in [0, 0.1) is 5.92 Å². The lowest BCUT2D eigenvalue weighted by Crippen LogP contribution is -2.15. The number of halogens is 1.